The number of aromatic nitrogens is 3. The van der Waals surface area contributed by atoms with Crippen LogP contribution in [0.1, 0.15) is 38.8 Å². The van der Waals surface area contributed by atoms with Crippen LogP contribution in [0.3, 0.4) is 0 Å². The summed E-state index contributed by atoms with van der Waals surface area (Å²) in [6, 6.07) is 7.29. The zero-order valence-corrected chi connectivity index (χ0v) is 17.1. The molecular weight excluding hydrogens is 381 g/mol. The first kappa shape index (κ1) is 18.5. The zero-order chi connectivity index (χ0) is 19.3. The van der Waals surface area contributed by atoms with Crippen LogP contribution in [0.2, 0.25) is 10.0 Å². The van der Waals surface area contributed by atoms with Gasteiger partial charge in [0.2, 0.25) is 0 Å². The van der Waals surface area contributed by atoms with Crippen LogP contribution in [-0.4, -0.2) is 14.5 Å². The normalized spacial score (nSPS) is 16.5. The lowest BCUT2D eigenvalue weighted by Crippen LogP contribution is -2.42. The van der Waals surface area contributed by atoms with Gasteiger partial charge in [-0.2, -0.15) is 0 Å². The van der Waals surface area contributed by atoms with E-state index in [1.807, 2.05) is 16.7 Å². The van der Waals surface area contributed by atoms with Gasteiger partial charge >= 0.3 is 0 Å². The van der Waals surface area contributed by atoms with Gasteiger partial charge in [0.15, 0.2) is 5.65 Å². The third kappa shape index (κ3) is 2.95. The van der Waals surface area contributed by atoms with Crippen molar-refractivity contribution in [2.45, 2.75) is 45.6 Å². The monoisotopic (exact) mass is 401 g/mol. The van der Waals surface area contributed by atoms with Gasteiger partial charge in [0.1, 0.15) is 11.2 Å². The molecule has 2 aromatic heterocycles. The maximum atomic E-state index is 13.1. The highest BCUT2D eigenvalue weighted by atomic mass is 35.5. The van der Waals surface area contributed by atoms with Crippen molar-refractivity contribution < 1.29 is 0 Å². The number of nitrogens with zero attached hydrogens (tertiary/aromatic N) is 3. The Balaban J connectivity index is 2.07. The van der Waals surface area contributed by atoms with Gasteiger partial charge in [0.05, 0.1) is 0 Å². The maximum Gasteiger partial charge on any atom is 0.274 e. The molecule has 1 aliphatic rings. The Morgan fingerprint density at radius 3 is 2.59 bits per heavy atom. The second-order valence-corrected chi connectivity index (χ2v) is 8.32. The Labute approximate surface area is 168 Å². The quantitative estimate of drug-likeness (QED) is 0.570. The number of halogens is 2. The molecule has 2 heterocycles. The fourth-order valence-electron chi connectivity index (χ4n) is 3.92. The molecule has 4 nitrogen and oxygen atoms in total. The van der Waals surface area contributed by atoms with Crippen molar-refractivity contribution in [2.75, 3.05) is 0 Å². The van der Waals surface area contributed by atoms with Crippen LogP contribution >= 0.6 is 23.2 Å². The molecule has 0 bridgehead atoms. The molecule has 0 amide bonds. The topological polar surface area (TPSA) is 47.8 Å². The Morgan fingerprint density at radius 2 is 1.96 bits per heavy atom. The van der Waals surface area contributed by atoms with Crippen LogP contribution in [0.4, 0.5) is 0 Å². The first-order chi connectivity index (χ1) is 12.9. The minimum atomic E-state index is -0.265. The van der Waals surface area contributed by atoms with Crippen molar-refractivity contribution in [1.29, 1.82) is 0 Å². The fourth-order valence-corrected chi connectivity index (χ4v) is 4.43. The van der Waals surface area contributed by atoms with Crippen molar-refractivity contribution in [2.24, 2.45) is 5.92 Å². The summed E-state index contributed by atoms with van der Waals surface area (Å²) in [7, 11) is 0. The Morgan fingerprint density at radius 1 is 1.22 bits per heavy atom. The van der Waals surface area contributed by atoms with Gasteiger partial charge in [0.25, 0.3) is 5.56 Å². The second kappa shape index (κ2) is 6.61. The zero-order valence-electron chi connectivity index (χ0n) is 15.6. The van der Waals surface area contributed by atoms with Gasteiger partial charge in [-0.15, -0.1) is 0 Å². The molecule has 4 rings (SSSR count). The van der Waals surface area contributed by atoms with Crippen molar-refractivity contribution >= 4 is 34.4 Å². The minimum Gasteiger partial charge on any atom is -0.284 e. The minimum absolute atomic E-state index is 0.0643. The molecule has 3 aromatic rings. The number of hydrogen-bond donors (Lipinski definition) is 0. The third-order valence-corrected chi connectivity index (χ3v) is 6.36. The molecule has 1 fully saturated rings. The van der Waals surface area contributed by atoms with E-state index >= 15 is 0 Å². The number of aryl methyl sites for hydroxylation is 1. The van der Waals surface area contributed by atoms with Gasteiger partial charge in [0, 0.05) is 32.9 Å². The highest BCUT2D eigenvalue weighted by molar-refractivity contribution is 6.36. The molecule has 1 saturated carbocycles. The lowest BCUT2D eigenvalue weighted by molar-refractivity contribution is 0.258. The summed E-state index contributed by atoms with van der Waals surface area (Å²) in [5.74, 6) is 0.495. The third-order valence-electron chi connectivity index (χ3n) is 5.81. The largest absolute Gasteiger partial charge is 0.284 e. The summed E-state index contributed by atoms with van der Waals surface area (Å²) < 4.78 is 1.87. The van der Waals surface area contributed by atoms with Gasteiger partial charge in [-0.05, 0) is 57.2 Å². The van der Waals surface area contributed by atoms with Gasteiger partial charge in [-0.3, -0.25) is 9.36 Å². The van der Waals surface area contributed by atoms with Crippen molar-refractivity contribution in [3.63, 3.8) is 0 Å². The number of rotatable bonds is 4. The van der Waals surface area contributed by atoms with Gasteiger partial charge in [-0.1, -0.05) is 36.2 Å². The van der Waals surface area contributed by atoms with E-state index in [1.165, 1.54) is 0 Å². The molecule has 1 aromatic carbocycles. The lowest BCUT2D eigenvalue weighted by atomic mass is 9.91. The maximum absolute atomic E-state index is 13.1. The van der Waals surface area contributed by atoms with Crippen molar-refractivity contribution in [3.05, 3.63) is 56.6 Å². The van der Waals surface area contributed by atoms with Crippen LogP contribution < -0.4 is 5.56 Å². The molecule has 0 N–H and O–H groups in total. The van der Waals surface area contributed by atoms with E-state index < -0.39 is 0 Å². The summed E-state index contributed by atoms with van der Waals surface area (Å²) in [4.78, 5) is 22.3. The van der Waals surface area contributed by atoms with E-state index in [0.29, 0.717) is 32.8 Å². The molecule has 0 unspecified atom stereocenters. The summed E-state index contributed by atoms with van der Waals surface area (Å²) in [6.45, 7) is 6.06. The fraction of sp³-hybridized carbons (Fsp3) is 0.381. The van der Waals surface area contributed by atoms with Crippen LogP contribution in [0.15, 0.2) is 35.3 Å². The molecule has 0 radical (unpaired) electrons. The summed E-state index contributed by atoms with van der Waals surface area (Å²) in [5, 5.41) is 1.13. The van der Waals surface area contributed by atoms with E-state index in [2.05, 4.69) is 23.8 Å². The molecular formula is C21H21Cl2N3O. The first-order valence-electron chi connectivity index (χ1n) is 9.21. The lowest BCUT2D eigenvalue weighted by Gasteiger charge is -2.32. The molecule has 0 saturated heterocycles. The molecule has 140 valence electrons. The highest BCUT2D eigenvalue weighted by Gasteiger charge is 2.43. The van der Waals surface area contributed by atoms with E-state index in [1.54, 1.807) is 25.3 Å². The smallest absolute Gasteiger partial charge is 0.274 e. The summed E-state index contributed by atoms with van der Waals surface area (Å²) >= 11 is 12.5. The first-order valence-corrected chi connectivity index (χ1v) is 9.96. The highest BCUT2D eigenvalue weighted by Crippen LogP contribution is 2.46. The van der Waals surface area contributed by atoms with Crippen LogP contribution in [-0.2, 0) is 5.54 Å². The molecule has 6 heteroatoms. The van der Waals surface area contributed by atoms with Crippen molar-refractivity contribution in [1.82, 2.24) is 14.5 Å². The summed E-state index contributed by atoms with van der Waals surface area (Å²) in [6.07, 6.45) is 4.87. The number of pyridine rings is 1. The second-order valence-electron chi connectivity index (χ2n) is 7.48. The van der Waals surface area contributed by atoms with Crippen LogP contribution in [0, 0.1) is 12.8 Å². The van der Waals surface area contributed by atoms with Gasteiger partial charge in [-0.25, -0.2) is 9.97 Å². The van der Waals surface area contributed by atoms with Gasteiger partial charge < -0.3 is 0 Å². The predicted molar refractivity (Wildman–Crippen MR) is 111 cm³/mol. The van der Waals surface area contributed by atoms with E-state index in [0.717, 1.165) is 30.4 Å². The molecule has 0 aliphatic heterocycles. The van der Waals surface area contributed by atoms with E-state index in [-0.39, 0.29) is 11.1 Å². The summed E-state index contributed by atoms with van der Waals surface area (Å²) in [5.41, 5.74) is 3.14. The molecule has 1 aliphatic carbocycles. The number of hydrogen-bond acceptors (Lipinski definition) is 3. The molecule has 1 atom stereocenters. The van der Waals surface area contributed by atoms with Crippen molar-refractivity contribution in [3.8, 4) is 11.1 Å². The number of fused-ring (bicyclic) bond motifs is 1. The molecule has 0 spiro atoms. The predicted octanol–water partition coefficient (Wildman–Crippen LogP) is 5.61. The van der Waals surface area contributed by atoms with E-state index in [4.69, 9.17) is 23.2 Å². The molecule has 27 heavy (non-hydrogen) atoms. The number of benzene rings is 1. The average Bonchev–Trinajstić information content (AvgIpc) is 3.48. The Kier molecular flexibility index (Phi) is 4.52. The Hall–Kier alpha value is -1.91. The Bertz CT molecular complexity index is 1100. The van der Waals surface area contributed by atoms with Crippen LogP contribution in [0.5, 0.6) is 0 Å². The average molecular weight is 402 g/mol. The SMILES string of the molecule is CC[C@](C)(C1CC1)n1c(=O)c(C)nc2c(-c3ccc(Cl)cc3Cl)ccnc21. The standard InChI is InChI=1S/C21H21Cl2N3O/c1-4-21(3,13-5-6-13)26-19-18(25-12(2)20(26)27)16(9-10-24-19)15-8-7-14(22)11-17(15)23/h7-11,13H,4-6H2,1-3H3/t21-/m1/s1. The van der Waals surface area contributed by atoms with E-state index in [9.17, 15) is 4.79 Å². The van der Waals surface area contributed by atoms with Crippen LogP contribution in [0.25, 0.3) is 22.3 Å².